The Labute approximate surface area is 147 Å². The lowest BCUT2D eigenvalue weighted by Gasteiger charge is -2.10. The van der Waals surface area contributed by atoms with Gasteiger partial charge >= 0.3 is 0 Å². The molecule has 10 heteroatoms. The maximum Gasteiger partial charge on any atom is 0.287 e. The van der Waals surface area contributed by atoms with E-state index in [1.165, 1.54) is 31.3 Å². The lowest BCUT2D eigenvalue weighted by atomic mass is 10.1. The van der Waals surface area contributed by atoms with Gasteiger partial charge in [-0.1, -0.05) is 30.3 Å². The van der Waals surface area contributed by atoms with Crippen molar-refractivity contribution in [2.24, 2.45) is 7.05 Å². The first-order chi connectivity index (χ1) is 12.3. The van der Waals surface area contributed by atoms with Crippen molar-refractivity contribution in [2.45, 2.75) is 4.90 Å². The minimum absolute atomic E-state index is 0.154. The zero-order valence-corrected chi connectivity index (χ0v) is 14.2. The third-order valence-electron chi connectivity index (χ3n) is 3.60. The van der Waals surface area contributed by atoms with Crippen LogP contribution in [0.2, 0.25) is 0 Å². The van der Waals surface area contributed by atoms with Crippen LogP contribution in [0, 0.1) is 5.82 Å². The van der Waals surface area contributed by atoms with Crippen LogP contribution < -0.4 is 15.8 Å². The smallest absolute Gasteiger partial charge is 0.272 e. The van der Waals surface area contributed by atoms with E-state index >= 15 is 0 Å². The van der Waals surface area contributed by atoms with Crippen LogP contribution in [-0.4, -0.2) is 24.1 Å². The summed E-state index contributed by atoms with van der Waals surface area (Å²) >= 11 is 0. The molecule has 1 aromatic heterocycles. The number of aryl methyl sites for hydroxylation is 1. The van der Waals surface area contributed by atoms with Gasteiger partial charge in [0, 0.05) is 12.4 Å². The molecule has 0 radical (unpaired) electrons. The molecule has 8 nitrogen and oxygen atoms in total. The molecule has 0 unspecified atom stereocenters. The molecular formula is C16H13FN4O4S. The first-order valence-electron chi connectivity index (χ1n) is 7.34. The Balaban J connectivity index is 1.93. The van der Waals surface area contributed by atoms with Crippen LogP contribution in [0.5, 0.6) is 0 Å². The minimum atomic E-state index is -4.32. The van der Waals surface area contributed by atoms with Gasteiger partial charge in [-0.05, 0) is 18.2 Å². The SMILES string of the molecule is Cn1nc(C(=O)NNS(=O)(=O)c2ccccc2F)c2ccccc2c1=O. The van der Waals surface area contributed by atoms with Gasteiger partial charge in [-0.2, -0.15) is 5.10 Å². The molecule has 3 aromatic rings. The number of nitrogens with one attached hydrogen (secondary N) is 2. The van der Waals surface area contributed by atoms with E-state index in [1.54, 1.807) is 12.1 Å². The van der Waals surface area contributed by atoms with Crippen LogP contribution >= 0.6 is 0 Å². The highest BCUT2D eigenvalue weighted by Crippen LogP contribution is 2.14. The normalized spacial score (nSPS) is 11.5. The number of sulfonamides is 1. The predicted molar refractivity (Wildman–Crippen MR) is 91.2 cm³/mol. The van der Waals surface area contributed by atoms with E-state index in [-0.39, 0.29) is 16.5 Å². The van der Waals surface area contributed by atoms with Crippen LogP contribution in [0.1, 0.15) is 10.5 Å². The summed E-state index contributed by atoms with van der Waals surface area (Å²) in [4.78, 5) is 25.6. The van der Waals surface area contributed by atoms with Gasteiger partial charge in [0.1, 0.15) is 10.7 Å². The van der Waals surface area contributed by atoms with Gasteiger partial charge in [-0.3, -0.25) is 15.0 Å². The highest BCUT2D eigenvalue weighted by Gasteiger charge is 2.21. The number of carbonyl (C=O) groups is 1. The number of nitrogens with zero attached hydrogens (tertiary/aromatic N) is 2. The van der Waals surface area contributed by atoms with Crippen LogP contribution in [0.25, 0.3) is 10.8 Å². The molecule has 0 aliphatic heterocycles. The molecule has 3 rings (SSSR count). The Bertz CT molecular complexity index is 1170. The molecule has 0 saturated heterocycles. The van der Waals surface area contributed by atoms with E-state index < -0.39 is 32.2 Å². The van der Waals surface area contributed by atoms with Crippen LogP contribution in [-0.2, 0) is 17.1 Å². The zero-order chi connectivity index (χ0) is 18.9. The number of halogens is 1. The number of hydrazine groups is 1. The summed E-state index contributed by atoms with van der Waals surface area (Å²) in [5.74, 6) is -1.85. The fourth-order valence-corrected chi connectivity index (χ4v) is 3.28. The van der Waals surface area contributed by atoms with Gasteiger partial charge in [0.15, 0.2) is 5.69 Å². The van der Waals surface area contributed by atoms with Gasteiger partial charge in [0.25, 0.3) is 21.5 Å². The fraction of sp³-hybridized carbons (Fsp3) is 0.0625. The number of rotatable bonds is 4. The highest BCUT2D eigenvalue weighted by atomic mass is 32.2. The summed E-state index contributed by atoms with van der Waals surface area (Å²) in [5, 5.41) is 4.39. The molecular weight excluding hydrogens is 363 g/mol. The molecule has 0 atom stereocenters. The van der Waals surface area contributed by atoms with E-state index in [0.717, 1.165) is 16.8 Å². The van der Waals surface area contributed by atoms with Crippen molar-refractivity contribution in [3.8, 4) is 0 Å². The van der Waals surface area contributed by atoms with E-state index in [9.17, 15) is 22.4 Å². The average Bonchev–Trinajstić information content (AvgIpc) is 2.63. The van der Waals surface area contributed by atoms with Gasteiger partial charge in [0.05, 0.1) is 5.39 Å². The quantitative estimate of drug-likeness (QED) is 0.651. The Kier molecular flexibility index (Phi) is 4.53. The van der Waals surface area contributed by atoms with Crippen molar-refractivity contribution in [1.82, 2.24) is 20.0 Å². The van der Waals surface area contributed by atoms with Gasteiger partial charge in [-0.25, -0.2) is 17.5 Å². The third-order valence-corrected chi connectivity index (χ3v) is 4.88. The molecule has 134 valence electrons. The average molecular weight is 376 g/mol. The van der Waals surface area contributed by atoms with Crippen molar-refractivity contribution in [3.05, 3.63) is 70.4 Å². The van der Waals surface area contributed by atoms with Gasteiger partial charge in [0.2, 0.25) is 0 Å². The summed E-state index contributed by atoms with van der Waals surface area (Å²) in [7, 11) is -2.95. The number of fused-ring (bicyclic) bond motifs is 1. The minimum Gasteiger partial charge on any atom is -0.272 e. The lowest BCUT2D eigenvalue weighted by Crippen LogP contribution is -2.42. The zero-order valence-electron chi connectivity index (χ0n) is 13.4. The summed E-state index contributed by atoms with van der Waals surface area (Å²) < 4.78 is 38.9. The topological polar surface area (TPSA) is 110 Å². The van der Waals surface area contributed by atoms with Crippen molar-refractivity contribution >= 4 is 26.7 Å². The Morgan fingerprint density at radius 1 is 1.08 bits per heavy atom. The molecule has 26 heavy (non-hydrogen) atoms. The van der Waals surface area contributed by atoms with Crippen molar-refractivity contribution < 1.29 is 17.6 Å². The maximum absolute atomic E-state index is 13.7. The number of benzene rings is 2. The van der Waals surface area contributed by atoms with Gasteiger partial charge in [-0.15, -0.1) is 4.83 Å². The Hall–Kier alpha value is -3.11. The standard InChI is InChI=1S/C16H13FN4O4S/c1-21-16(23)11-7-3-2-6-10(11)14(19-21)15(22)18-20-26(24,25)13-9-5-4-8-12(13)17/h2-9,20H,1H3,(H,18,22). The van der Waals surface area contributed by atoms with Crippen LogP contribution in [0.3, 0.4) is 0 Å². The van der Waals surface area contributed by atoms with Crippen LogP contribution in [0.15, 0.2) is 58.2 Å². The van der Waals surface area contributed by atoms with E-state index in [4.69, 9.17) is 0 Å². The molecule has 0 fully saturated rings. The summed E-state index contributed by atoms with van der Waals surface area (Å²) in [6.45, 7) is 0. The molecule has 0 saturated carbocycles. The molecule has 1 heterocycles. The van der Waals surface area contributed by atoms with Crippen molar-refractivity contribution in [2.75, 3.05) is 0 Å². The third kappa shape index (κ3) is 3.19. The lowest BCUT2D eigenvalue weighted by molar-refractivity contribution is 0.0939. The van der Waals surface area contributed by atoms with Crippen LogP contribution in [0.4, 0.5) is 4.39 Å². The van der Waals surface area contributed by atoms with Crippen molar-refractivity contribution in [1.29, 1.82) is 0 Å². The number of carbonyl (C=O) groups excluding carboxylic acids is 1. The largest absolute Gasteiger partial charge is 0.287 e. The second kappa shape index (κ2) is 6.65. The molecule has 0 bridgehead atoms. The summed E-state index contributed by atoms with van der Waals surface area (Å²) in [5.41, 5.74) is 1.43. The first kappa shape index (κ1) is 17.7. The van der Waals surface area contributed by atoms with Crippen molar-refractivity contribution in [3.63, 3.8) is 0 Å². The number of amides is 1. The van der Waals surface area contributed by atoms with E-state index in [0.29, 0.717) is 0 Å². The summed E-state index contributed by atoms with van der Waals surface area (Å²) in [6, 6.07) is 11.0. The number of hydrogen-bond donors (Lipinski definition) is 2. The molecule has 2 N–H and O–H groups in total. The second-order valence-corrected chi connectivity index (χ2v) is 6.96. The number of aromatic nitrogens is 2. The second-order valence-electron chi connectivity index (χ2n) is 5.31. The maximum atomic E-state index is 13.7. The predicted octanol–water partition coefficient (Wildman–Crippen LogP) is 0.696. The first-order valence-corrected chi connectivity index (χ1v) is 8.82. The highest BCUT2D eigenvalue weighted by molar-refractivity contribution is 7.89. The van der Waals surface area contributed by atoms with E-state index in [2.05, 4.69) is 5.10 Å². The van der Waals surface area contributed by atoms with E-state index in [1.807, 2.05) is 10.3 Å². The Morgan fingerprint density at radius 3 is 2.38 bits per heavy atom. The molecule has 0 aliphatic carbocycles. The molecule has 0 aliphatic rings. The molecule has 0 spiro atoms. The molecule has 2 aromatic carbocycles. The monoisotopic (exact) mass is 376 g/mol. The number of hydrogen-bond acceptors (Lipinski definition) is 5. The molecule has 1 amide bonds. The Morgan fingerprint density at radius 2 is 1.69 bits per heavy atom. The van der Waals surface area contributed by atoms with Gasteiger partial charge < -0.3 is 0 Å². The fourth-order valence-electron chi connectivity index (χ4n) is 2.36. The summed E-state index contributed by atoms with van der Waals surface area (Å²) in [6.07, 6.45) is 0.